The molecule has 1 saturated heterocycles. The minimum atomic E-state index is -5.50. The molecule has 3 aliphatic rings. The molecule has 1 aliphatic heterocycles. The van der Waals surface area contributed by atoms with Crippen molar-refractivity contribution in [2.75, 3.05) is 27.8 Å². The molecule has 10 heteroatoms. The van der Waals surface area contributed by atoms with Gasteiger partial charge in [0.2, 0.25) is 0 Å². The van der Waals surface area contributed by atoms with Gasteiger partial charge in [0.25, 0.3) is 0 Å². The van der Waals surface area contributed by atoms with Crippen molar-refractivity contribution in [3.05, 3.63) is 12.2 Å². The van der Waals surface area contributed by atoms with Crippen LogP contribution >= 0.6 is 0 Å². The molecule has 2 aliphatic carbocycles. The maximum absolute atomic E-state index is 15.2. The molecule has 3 rings (SSSR count). The second kappa shape index (κ2) is 5.60. The molecular formula is C14H17F5O5. The second-order valence-electron chi connectivity index (χ2n) is 6.01. The van der Waals surface area contributed by atoms with Crippen molar-refractivity contribution in [2.45, 2.75) is 36.0 Å². The molecule has 0 aromatic rings. The van der Waals surface area contributed by atoms with Crippen LogP contribution in [0.2, 0.25) is 0 Å². The van der Waals surface area contributed by atoms with Gasteiger partial charge in [0.05, 0.1) is 0 Å². The largest absolute Gasteiger partial charge is 0.450 e. The molecule has 24 heavy (non-hydrogen) atoms. The topological polar surface area (TPSA) is 46.2 Å². The standard InChI is InChI=1S/C14H17F5O5/c1-20-6-22-11-9-4-3-8(5-9)10(11)24-13(12(11,15)16,14(17,18)19)23-7-21-2/h3-4,8-10H,5-7H2,1-2H3. The first kappa shape index (κ1) is 18.0. The lowest BCUT2D eigenvalue weighted by atomic mass is 9.79. The lowest BCUT2D eigenvalue weighted by molar-refractivity contribution is -0.440. The minimum Gasteiger partial charge on any atom is -0.359 e. The molecular weight excluding hydrogens is 343 g/mol. The van der Waals surface area contributed by atoms with Crippen molar-refractivity contribution in [3.8, 4) is 0 Å². The minimum absolute atomic E-state index is 0.224. The van der Waals surface area contributed by atoms with Gasteiger partial charge in [-0.15, -0.1) is 0 Å². The third kappa shape index (κ3) is 1.97. The van der Waals surface area contributed by atoms with Crippen molar-refractivity contribution in [1.29, 1.82) is 0 Å². The van der Waals surface area contributed by atoms with Crippen molar-refractivity contribution in [1.82, 2.24) is 0 Å². The fourth-order valence-corrected chi connectivity index (χ4v) is 3.92. The summed E-state index contributed by atoms with van der Waals surface area (Å²) in [4.78, 5) is 0. The van der Waals surface area contributed by atoms with Crippen molar-refractivity contribution < 1.29 is 45.6 Å². The average molecular weight is 360 g/mol. The predicted octanol–water partition coefficient (Wildman–Crippen LogP) is 2.46. The molecule has 2 bridgehead atoms. The predicted molar refractivity (Wildman–Crippen MR) is 68.0 cm³/mol. The fourth-order valence-electron chi connectivity index (χ4n) is 3.92. The molecule has 0 amide bonds. The van der Waals surface area contributed by atoms with Crippen LogP contribution in [0.15, 0.2) is 12.2 Å². The number of methoxy groups -OCH3 is 2. The summed E-state index contributed by atoms with van der Waals surface area (Å²) in [5.41, 5.74) is -2.51. The summed E-state index contributed by atoms with van der Waals surface area (Å²) in [7, 11) is 2.22. The van der Waals surface area contributed by atoms with E-state index in [1.807, 2.05) is 0 Å². The molecule has 0 radical (unpaired) electrons. The monoisotopic (exact) mass is 360 g/mol. The van der Waals surface area contributed by atoms with Crippen LogP contribution in [0, 0.1) is 11.8 Å². The first-order chi connectivity index (χ1) is 11.2. The zero-order valence-corrected chi connectivity index (χ0v) is 12.9. The van der Waals surface area contributed by atoms with Gasteiger partial charge in [-0.25, -0.2) is 0 Å². The van der Waals surface area contributed by atoms with Crippen LogP contribution in [0.25, 0.3) is 0 Å². The normalized spacial score (nSPS) is 42.7. The summed E-state index contributed by atoms with van der Waals surface area (Å²) in [6, 6.07) is 0. The highest BCUT2D eigenvalue weighted by atomic mass is 19.4. The average Bonchev–Trinajstić information content (AvgIpc) is 3.12. The van der Waals surface area contributed by atoms with Gasteiger partial charge in [0.15, 0.2) is 5.60 Å². The Morgan fingerprint density at radius 1 is 1.08 bits per heavy atom. The molecule has 0 spiro atoms. The quantitative estimate of drug-likeness (QED) is 0.414. The molecule has 5 atom stereocenters. The van der Waals surface area contributed by atoms with E-state index in [0.29, 0.717) is 0 Å². The van der Waals surface area contributed by atoms with Crippen LogP contribution in [-0.2, 0) is 23.7 Å². The highest BCUT2D eigenvalue weighted by molar-refractivity contribution is 5.32. The van der Waals surface area contributed by atoms with Crippen molar-refractivity contribution in [2.24, 2.45) is 11.8 Å². The van der Waals surface area contributed by atoms with E-state index in [9.17, 15) is 13.2 Å². The lowest BCUT2D eigenvalue weighted by Gasteiger charge is -2.42. The Bertz CT molecular complexity index is 524. The Labute approximate surface area is 134 Å². The maximum Gasteiger partial charge on any atom is 0.450 e. The molecule has 0 aromatic heterocycles. The molecule has 5 nitrogen and oxygen atoms in total. The number of ether oxygens (including phenoxy) is 5. The highest BCUT2D eigenvalue weighted by Gasteiger charge is 2.90. The van der Waals surface area contributed by atoms with E-state index in [4.69, 9.17) is 9.47 Å². The third-order valence-corrected chi connectivity index (χ3v) is 4.84. The second-order valence-corrected chi connectivity index (χ2v) is 6.01. The van der Waals surface area contributed by atoms with E-state index < -0.39 is 55.0 Å². The van der Waals surface area contributed by atoms with Gasteiger partial charge in [0, 0.05) is 26.1 Å². The van der Waals surface area contributed by atoms with Gasteiger partial charge in [0.1, 0.15) is 19.7 Å². The van der Waals surface area contributed by atoms with Gasteiger partial charge in [-0.3, -0.25) is 0 Å². The number of fused-ring (bicyclic) bond motifs is 5. The zero-order valence-electron chi connectivity index (χ0n) is 12.9. The molecule has 2 fully saturated rings. The number of hydrogen-bond acceptors (Lipinski definition) is 5. The summed E-state index contributed by atoms with van der Waals surface area (Å²) in [5.74, 6) is -10.2. The van der Waals surface area contributed by atoms with Gasteiger partial charge in [-0.1, -0.05) is 12.2 Å². The first-order valence-corrected chi connectivity index (χ1v) is 7.24. The number of alkyl halides is 5. The summed E-state index contributed by atoms with van der Waals surface area (Å²) in [6.45, 7) is -1.60. The zero-order chi connectivity index (χ0) is 17.8. The third-order valence-electron chi connectivity index (χ3n) is 4.84. The molecule has 1 saturated carbocycles. The van der Waals surface area contributed by atoms with E-state index in [2.05, 4.69) is 14.2 Å². The number of hydrogen-bond donors (Lipinski definition) is 0. The Morgan fingerprint density at radius 3 is 2.29 bits per heavy atom. The van der Waals surface area contributed by atoms with Gasteiger partial charge >= 0.3 is 17.9 Å². The highest BCUT2D eigenvalue weighted by Crippen LogP contribution is 2.68. The summed E-state index contributed by atoms with van der Waals surface area (Å²) in [5, 5.41) is 0. The van der Waals surface area contributed by atoms with Crippen molar-refractivity contribution in [3.63, 3.8) is 0 Å². The molecule has 138 valence electrons. The van der Waals surface area contributed by atoms with Crippen LogP contribution in [-0.4, -0.2) is 57.4 Å². The smallest absolute Gasteiger partial charge is 0.359 e. The number of rotatable bonds is 6. The maximum atomic E-state index is 15.2. The van der Waals surface area contributed by atoms with Crippen LogP contribution in [0.4, 0.5) is 22.0 Å². The van der Waals surface area contributed by atoms with E-state index >= 15 is 8.78 Å². The number of halogens is 5. The Kier molecular flexibility index (Phi) is 4.20. The van der Waals surface area contributed by atoms with Gasteiger partial charge < -0.3 is 23.7 Å². The first-order valence-electron chi connectivity index (χ1n) is 7.24. The molecule has 1 heterocycles. The van der Waals surface area contributed by atoms with Crippen LogP contribution in [0.3, 0.4) is 0 Å². The van der Waals surface area contributed by atoms with E-state index in [-0.39, 0.29) is 6.42 Å². The Hall–Kier alpha value is -0.810. The molecule has 5 unspecified atom stereocenters. The Balaban J connectivity index is 2.09. The van der Waals surface area contributed by atoms with Crippen LogP contribution in [0.1, 0.15) is 6.42 Å². The van der Waals surface area contributed by atoms with Gasteiger partial charge in [-0.2, -0.15) is 22.0 Å². The van der Waals surface area contributed by atoms with E-state index in [0.717, 1.165) is 7.11 Å². The SMILES string of the molecule is COCOC12C3C=CC(C3)C1OC(OCOC)(C(F)(F)F)C2(F)F. The van der Waals surface area contributed by atoms with E-state index in [1.165, 1.54) is 13.2 Å². The summed E-state index contributed by atoms with van der Waals surface area (Å²) in [6.07, 6.45) is -3.76. The summed E-state index contributed by atoms with van der Waals surface area (Å²) >= 11 is 0. The fraction of sp³-hybridized carbons (Fsp3) is 0.857. The van der Waals surface area contributed by atoms with Gasteiger partial charge in [-0.05, 0) is 6.42 Å². The van der Waals surface area contributed by atoms with E-state index in [1.54, 1.807) is 6.08 Å². The van der Waals surface area contributed by atoms with Crippen LogP contribution < -0.4 is 0 Å². The lowest BCUT2D eigenvalue weighted by Crippen LogP contribution is -2.67. The summed E-state index contributed by atoms with van der Waals surface area (Å²) < 4.78 is 94.9. The van der Waals surface area contributed by atoms with Crippen LogP contribution in [0.5, 0.6) is 0 Å². The molecule has 0 aromatic carbocycles. The Morgan fingerprint density at radius 2 is 1.71 bits per heavy atom. The van der Waals surface area contributed by atoms with Crippen molar-refractivity contribution >= 4 is 0 Å². The molecule has 0 N–H and O–H groups in total.